The molecule has 4 fully saturated rings. The fourth-order valence-corrected chi connectivity index (χ4v) is 5.39. The van der Waals surface area contributed by atoms with Gasteiger partial charge in [0.25, 0.3) is 0 Å². The molecule has 0 aromatic heterocycles. The van der Waals surface area contributed by atoms with E-state index < -0.39 is 7.60 Å². The SMILES string of the molecule is C=CP(=O)(O)OCC12CC3CCC(CC(C3)C1)C2. The first-order valence-corrected chi connectivity index (χ1v) is 8.76. The van der Waals surface area contributed by atoms with Gasteiger partial charge in [-0.05, 0) is 55.3 Å². The Hall–Kier alpha value is -0.110. The smallest absolute Gasteiger partial charge is 0.321 e. The van der Waals surface area contributed by atoms with Crippen LogP contribution in [0.15, 0.2) is 12.4 Å². The van der Waals surface area contributed by atoms with E-state index in [-0.39, 0.29) is 5.41 Å². The molecule has 3 atom stereocenters. The lowest BCUT2D eigenvalue weighted by Gasteiger charge is -2.48. The van der Waals surface area contributed by atoms with Gasteiger partial charge in [0.05, 0.1) is 6.61 Å². The summed E-state index contributed by atoms with van der Waals surface area (Å²) in [5, 5.41) is 0. The summed E-state index contributed by atoms with van der Waals surface area (Å²) in [6, 6.07) is 0. The molecule has 0 aliphatic heterocycles. The highest BCUT2D eigenvalue weighted by Gasteiger charge is 2.49. The zero-order valence-electron chi connectivity index (χ0n) is 10.9. The van der Waals surface area contributed by atoms with Crippen molar-refractivity contribution in [3.8, 4) is 0 Å². The first kappa shape index (κ1) is 12.9. The summed E-state index contributed by atoms with van der Waals surface area (Å²) >= 11 is 0. The maximum absolute atomic E-state index is 11.6. The number of fused-ring (bicyclic) bond motifs is 1. The molecule has 4 saturated carbocycles. The number of hydrogen-bond donors (Lipinski definition) is 1. The molecule has 3 nitrogen and oxygen atoms in total. The first-order chi connectivity index (χ1) is 8.50. The van der Waals surface area contributed by atoms with Crippen molar-refractivity contribution >= 4 is 7.60 Å². The highest BCUT2D eigenvalue weighted by molar-refractivity contribution is 7.56. The number of rotatable bonds is 4. The van der Waals surface area contributed by atoms with Crippen LogP contribution in [0.3, 0.4) is 0 Å². The summed E-state index contributed by atoms with van der Waals surface area (Å²) in [5.41, 5.74) is 0.189. The summed E-state index contributed by atoms with van der Waals surface area (Å²) in [4.78, 5) is 9.51. The minimum absolute atomic E-state index is 0.189. The largest absolute Gasteiger partial charge is 0.351 e. The van der Waals surface area contributed by atoms with Crippen molar-refractivity contribution < 1.29 is 14.0 Å². The van der Waals surface area contributed by atoms with Gasteiger partial charge in [-0.15, -0.1) is 0 Å². The van der Waals surface area contributed by atoms with E-state index in [1.165, 1.54) is 44.9 Å². The van der Waals surface area contributed by atoms with Crippen molar-refractivity contribution in [1.29, 1.82) is 0 Å². The monoisotopic (exact) mass is 270 g/mol. The molecule has 1 N–H and O–H groups in total. The summed E-state index contributed by atoms with van der Waals surface area (Å²) in [6.07, 6.45) is 9.11. The lowest BCUT2D eigenvalue weighted by Crippen LogP contribution is -2.40. The van der Waals surface area contributed by atoms with E-state index in [1.54, 1.807) is 0 Å². The third-order valence-corrected chi connectivity index (χ3v) is 6.23. The normalized spacial score (nSPS) is 45.5. The second-order valence-corrected chi connectivity index (χ2v) is 8.53. The molecule has 4 bridgehead atoms. The van der Waals surface area contributed by atoms with E-state index in [0.717, 1.165) is 23.6 Å². The van der Waals surface area contributed by atoms with E-state index >= 15 is 0 Å². The lowest BCUT2D eigenvalue weighted by molar-refractivity contribution is -0.00572. The van der Waals surface area contributed by atoms with Crippen LogP contribution in [0.25, 0.3) is 0 Å². The van der Waals surface area contributed by atoms with Gasteiger partial charge in [0.1, 0.15) is 0 Å². The number of hydrogen-bond acceptors (Lipinski definition) is 2. The van der Waals surface area contributed by atoms with Gasteiger partial charge in [0, 0.05) is 5.82 Å². The summed E-state index contributed by atoms with van der Waals surface area (Å²) in [5.74, 6) is 3.57. The molecule has 4 rings (SSSR count). The van der Waals surface area contributed by atoms with E-state index in [1.807, 2.05) is 0 Å². The second kappa shape index (κ2) is 4.47. The summed E-state index contributed by atoms with van der Waals surface area (Å²) < 4.78 is 16.9. The van der Waals surface area contributed by atoms with Crippen molar-refractivity contribution in [2.24, 2.45) is 23.2 Å². The topological polar surface area (TPSA) is 46.5 Å². The molecular weight excluding hydrogens is 247 g/mol. The van der Waals surface area contributed by atoms with Crippen molar-refractivity contribution in [2.45, 2.75) is 44.9 Å². The molecule has 18 heavy (non-hydrogen) atoms. The Labute approximate surface area is 109 Å². The van der Waals surface area contributed by atoms with E-state index in [0.29, 0.717) is 6.61 Å². The Bertz CT molecular complexity index is 377. The van der Waals surface area contributed by atoms with Crippen molar-refractivity contribution in [1.82, 2.24) is 0 Å². The molecule has 4 aliphatic rings. The highest BCUT2D eigenvalue weighted by Crippen LogP contribution is 2.59. The van der Waals surface area contributed by atoms with Gasteiger partial charge in [-0.1, -0.05) is 19.4 Å². The molecular formula is C14H23O3P. The van der Waals surface area contributed by atoms with Crippen LogP contribution < -0.4 is 0 Å². The molecule has 0 spiro atoms. The van der Waals surface area contributed by atoms with Gasteiger partial charge in [-0.2, -0.15) is 0 Å². The Balaban J connectivity index is 1.74. The van der Waals surface area contributed by atoms with Crippen LogP contribution in [0.1, 0.15) is 44.9 Å². The molecule has 0 aromatic carbocycles. The van der Waals surface area contributed by atoms with Crippen LogP contribution in [0, 0.1) is 23.2 Å². The average Bonchev–Trinajstić information content (AvgIpc) is 2.54. The molecule has 4 heteroatoms. The molecule has 4 aliphatic carbocycles. The third kappa shape index (κ3) is 2.45. The molecule has 102 valence electrons. The minimum Gasteiger partial charge on any atom is -0.321 e. The minimum atomic E-state index is -3.55. The summed E-state index contributed by atoms with van der Waals surface area (Å²) in [7, 11) is -3.55. The maximum atomic E-state index is 11.6. The molecule has 3 unspecified atom stereocenters. The zero-order valence-corrected chi connectivity index (χ0v) is 11.8. The van der Waals surface area contributed by atoms with Crippen LogP contribution in [0.2, 0.25) is 0 Å². The average molecular weight is 270 g/mol. The maximum Gasteiger partial charge on any atom is 0.351 e. The van der Waals surface area contributed by atoms with Crippen LogP contribution in [0.5, 0.6) is 0 Å². The Morgan fingerprint density at radius 2 is 1.78 bits per heavy atom. The Morgan fingerprint density at radius 3 is 2.33 bits per heavy atom. The van der Waals surface area contributed by atoms with Gasteiger partial charge in [-0.25, -0.2) is 0 Å². The van der Waals surface area contributed by atoms with Crippen molar-refractivity contribution in [2.75, 3.05) is 6.61 Å². The van der Waals surface area contributed by atoms with Crippen molar-refractivity contribution in [3.63, 3.8) is 0 Å². The Kier molecular flexibility index (Phi) is 3.20. The van der Waals surface area contributed by atoms with Crippen LogP contribution >= 0.6 is 7.60 Å². The predicted octanol–water partition coefficient (Wildman–Crippen LogP) is 3.94. The second-order valence-electron chi connectivity index (χ2n) is 6.78. The van der Waals surface area contributed by atoms with Gasteiger partial charge in [-0.3, -0.25) is 4.57 Å². The van der Waals surface area contributed by atoms with E-state index in [4.69, 9.17) is 4.52 Å². The Morgan fingerprint density at radius 1 is 1.22 bits per heavy atom. The van der Waals surface area contributed by atoms with Crippen LogP contribution in [-0.4, -0.2) is 11.5 Å². The van der Waals surface area contributed by atoms with E-state index in [9.17, 15) is 9.46 Å². The van der Waals surface area contributed by atoms with E-state index in [2.05, 4.69) is 6.58 Å². The fourth-order valence-electron chi connectivity index (χ4n) is 4.83. The van der Waals surface area contributed by atoms with Gasteiger partial charge < -0.3 is 9.42 Å². The predicted molar refractivity (Wildman–Crippen MR) is 71.2 cm³/mol. The first-order valence-electron chi connectivity index (χ1n) is 7.11. The standard InChI is InChI=1S/C14H23O3P/c1-2-18(15,16)17-10-14-7-11-3-4-12(8-14)6-13(5-11)9-14/h2,11-13H,1,3-10H2,(H,15,16). The quantitative estimate of drug-likeness (QED) is 0.787. The molecule has 0 heterocycles. The molecule has 0 amide bonds. The van der Waals surface area contributed by atoms with Crippen LogP contribution in [0.4, 0.5) is 0 Å². The lowest BCUT2D eigenvalue weighted by atomic mass is 9.59. The molecule has 0 saturated heterocycles. The van der Waals surface area contributed by atoms with Gasteiger partial charge in [0.2, 0.25) is 0 Å². The molecule has 0 aromatic rings. The van der Waals surface area contributed by atoms with Gasteiger partial charge in [0.15, 0.2) is 0 Å². The third-order valence-electron chi connectivity index (χ3n) is 5.27. The zero-order chi connectivity index (χ0) is 12.8. The summed E-state index contributed by atoms with van der Waals surface area (Å²) in [6.45, 7) is 3.83. The van der Waals surface area contributed by atoms with Crippen LogP contribution in [-0.2, 0) is 9.09 Å². The highest BCUT2D eigenvalue weighted by atomic mass is 31.2. The van der Waals surface area contributed by atoms with Gasteiger partial charge >= 0.3 is 7.60 Å². The fraction of sp³-hybridized carbons (Fsp3) is 0.857. The van der Waals surface area contributed by atoms with Crippen molar-refractivity contribution in [3.05, 3.63) is 12.4 Å². The molecule has 0 radical (unpaired) electrons.